The Morgan fingerprint density at radius 3 is 2.56 bits per heavy atom. The number of hydrogen-bond donors (Lipinski definition) is 2. The standard InChI is InChI=1S/C20H23N3OS/c25-20(22-17-9-3-1-4-10-17)23-21-15-16-8-7-13-19(14-16)24-18-11-5-2-6-12-18/h2,5-8,11-15,17H,1,3-4,9-10H2,(H2,22,23,25)/b21-15-. The summed E-state index contributed by atoms with van der Waals surface area (Å²) in [6.07, 6.45) is 7.99. The molecule has 2 aromatic carbocycles. The molecule has 1 aliphatic carbocycles. The molecule has 1 aliphatic rings. The number of para-hydroxylation sites is 1. The second-order valence-corrected chi connectivity index (χ2v) is 6.57. The van der Waals surface area contributed by atoms with E-state index in [1.165, 1.54) is 32.1 Å². The molecule has 2 aromatic rings. The van der Waals surface area contributed by atoms with Crippen molar-refractivity contribution in [3.8, 4) is 11.5 Å². The molecule has 0 unspecified atom stereocenters. The average Bonchev–Trinajstić information content (AvgIpc) is 2.64. The smallest absolute Gasteiger partial charge is 0.187 e. The summed E-state index contributed by atoms with van der Waals surface area (Å²) in [5.74, 6) is 1.59. The molecular formula is C20H23N3OS. The van der Waals surface area contributed by atoms with Crippen LogP contribution in [0.5, 0.6) is 11.5 Å². The van der Waals surface area contributed by atoms with Crippen molar-refractivity contribution in [3.63, 3.8) is 0 Å². The van der Waals surface area contributed by atoms with E-state index in [0.717, 1.165) is 17.1 Å². The van der Waals surface area contributed by atoms with Gasteiger partial charge in [-0.15, -0.1) is 0 Å². The van der Waals surface area contributed by atoms with Crippen molar-refractivity contribution in [1.29, 1.82) is 0 Å². The van der Waals surface area contributed by atoms with Gasteiger partial charge in [-0.05, 0) is 54.9 Å². The highest BCUT2D eigenvalue weighted by Crippen LogP contribution is 2.21. The van der Waals surface area contributed by atoms with Gasteiger partial charge in [0.05, 0.1) is 6.21 Å². The number of hydrazone groups is 1. The van der Waals surface area contributed by atoms with Crippen LogP contribution < -0.4 is 15.5 Å². The van der Waals surface area contributed by atoms with Crippen molar-refractivity contribution >= 4 is 23.5 Å². The first-order valence-electron chi connectivity index (χ1n) is 8.72. The van der Waals surface area contributed by atoms with Crippen LogP contribution in [0.2, 0.25) is 0 Å². The summed E-state index contributed by atoms with van der Waals surface area (Å²) in [7, 11) is 0. The minimum atomic E-state index is 0.478. The third-order valence-corrected chi connectivity index (χ3v) is 4.37. The van der Waals surface area contributed by atoms with E-state index in [2.05, 4.69) is 15.8 Å². The Kier molecular flexibility index (Phi) is 6.40. The largest absolute Gasteiger partial charge is 0.457 e. The summed E-state index contributed by atoms with van der Waals surface area (Å²) in [6, 6.07) is 18.0. The molecule has 0 radical (unpaired) electrons. The lowest BCUT2D eigenvalue weighted by Crippen LogP contribution is -2.40. The van der Waals surface area contributed by atoms with Crippen LogP contribution in [0.15, 0.2) is 59.7 Å². The molecule has 0 heterocycles. The van der Waals surface area contributed by atoms with E-state index in [4.69, 9.17) is 17.0 Å². The molecule has 0 aromatic heterocycles. The van der Waals surface area contributed by atoms with Crippen molar-refractivity contribution in [3.05, 3.63) is 60.2 Å². The fourth-order valence-corrected chi connectivity index (χ4v) is 3.13. The van der Waals surface area contributed by atoms with Gasteiger partial charge in [0, 0.05) is 6.04 Å². The van der Waals surface area contributed by atoms with Crippen molar-refractivity contribution in [1.82, 2.24) is 10.7 Å². The predicted octanol–water partition coefficient (Wildman–Crippen LogP) is 4.61. The quantitative estimate of drug-likeness (QED) is 0.468. The molecule has 2 N–H and O–H groups in total. The molecular weight excluding hydrogens is 330 g/mol. The van der Waals surface area contributed by atoms with Crippen LogP contribution in [0.3, 0.4) is 0 Å². The van der Waals surface area contributed by atoms with Gasteiger partial charge in [0.1, 0.15) is 11.5 Å². The van der Waals surface area contributed by atoms with Gasteiger partial charge in [0.25, 0.3) is 0 Å². The fourth-order valence-electron chi connectivity index (χ4n) is 2.91. The molecule has 0 atom stereocenters. The molecule has 0 saturated heterocycles. The van der Waals surface area contributed by atoms with Crippen LogP contribution >= 0.6 is 12.2 Å². The zero-order chi connectivity index (χ0) is 17.3. The molecule has 3 rings (SSSR count). The zero-order valence-corrected chi connectivity index (χ0v) is 15.0. The number of hydrogen-bond acceptors (Lipinski definition) is 3. The van der Waals surface area contributed by atoms with E-state index in [1.807, 2.05) is 54.6 Å². The lowest BCUT2D eigenvalue weighted by atomic mass is 9.96. The Morgan fingerprint density at radius 1 is 1.00 bits per heavy atom. The Balaban J connectivity index is 1.51. The lowest BCUT2D eigenvalue weighted by molar-refractivity contribution is 0.412. The van der Waals surface area contributed by atoms with Crippen molar-refractivity contribution < 1.29 is 4.74 Å². The minimum absolute atomic E-state index is 0.478. The second kappa shape index (κ2) is 9.18. The fraction of sp³-hybridized carbons (Fsp3) is 0.300. The summed E-state index contributed by atoms with van der Waals surface area (Å²) in [6.45, 7) is 0. The molecule has 5 heteroatoms. The van der Waals surface area contributed by atoms with Gasteiger partial charge in [-0.3, -0.25) is 5.43 Å². The maximum atomic E-state index is 5.83. The van der Waals surface area contributed by atoms with Crippen LogP contribution in [-0.4, -0.2) is 17.4 Å². The molecule has 130 valence electrons. The second-order valence-electron chi connectivity index (χ2n) is 6.17. The minimum Gasteiger partial charge on any atom is -0.457 e. The van der Waals surface area contributed by atoms with Gasteiger partial charge < -0.3 is 10.1 Å². The Bertz CT molecular complexity index is 712. The summed E-state index contributed by atoms with van der Waals surface area (Å²) in [4.78, 5) is 0. The number of thiocarbonyl (C=S) groups is 1. The van der Waals surface area contributed by atoms with E-state index in [0.29, 0.717) is 11.2 Å². The summed E-state index contributed by atoms with van der Waals surface area (Å²) in [5, 5.41) is 8.14. The molecule has 1 saturated carbocycles. The monoisotopic (exact) mass is 353 g/mol. The van der Waals surface area contributed by atoms with Gasteiger partial charge >= 0.3 is 0 Å². The SMILES string of the molecule is S=C(N/N=C\c1cccc(Oc2ccccc2)c1)NC1CCCCC1. The van der Waals surface area contributed by atoms with Gasteiger partial charge in [0.15, 0.2) is 5.11 Å². The van der Waals surface area contributed by atoms with E-state index >= 15 is 0 Å². The zero-order valence-electron chi connectivity index (χ0n) is 14.2. The van der Waals surface area contributed by atoms with Gasteiger partial charge in [0.2, 0.25) is 0 Å². The third kappa shape index (κ3) is 5.87. The summed E-state index contributed by atoms with van der Waals surface area (Å²) >= 11 is 5.30. The van der Waals surface area contributed by atoms with E-state index in [-0.39, 0.29) is 0 Å². The highest BCUT2D eigenvalue weighted by Gasteiger charge is 2.13. The molecule has 4 nitrogen and oxygen atoms in total. The maximum Gasteiger partial charge on any atom is 0.187 e. The molecule has 0 bridgehead atoms. The molecule has 25 heavy (non-hydrogen) atoms. The third-order valence-electron chi connectivity index (χ3n) is 4.16. The Hall–Kier alpha value is -2.40. The Morgan fingerprint density at radius 2 is 1.76 bits per heavy atom. The normalized spacial score (nSPS) is 15.0. The maximum absolute atomic E-state index is 5.83. The highest BCUT2D eigenvalue weighted by molar-refractivity contribution is 7.80. The van der Waals surface area contributed by atoms with Crippen LogP contribution in [-0.2, 0) is 0 Å². The van der Waals surface area contributed by atoms with Gasteiger partial charge in [-0.25, -0.2) is 0 Å². The predicted molar refractivity (Wildman–Crippen MR) is 106 cm³/mol. The first kappa shape index (κ1) is 17.4. The number of nitrogens with one attached hydrogen (secondary N) is 2. The first-order chi connectivity index (χ1) is 12.3. The molecule has 0 amide bonds. The lowest BCUT2D eigenvalue weighted by Gasteiger charge is -2.23. The molecule has 1 fully saturated rings. The van der Waals surface area contributed by atoms with Crippen LogP contribution in [0.25, 0.3) is 0 Å². The number of rotatable bonds is 5. The van der Waals surface area contributed by atoms with E-state index < -0.39 is 0 Å². The molecule has 0 spiro atoms. The van der Waals surface area contributed by atoms with Crippen LogP contribution in [0.1, 0.15) is 37.7 Å². The highest BCUT2D eigenvalue weighted by atomic mass is 32.1. The van der Waals surface area contributed by atoms with Gasteiger partial charge in [-0.2, -0.15) is 5.10 Å². The topological polar surface area (TPSA) is 45.7 Å². The first-order valence-corrected chi connectivity index (χ1v) is 9.13. The Labute approximate surface area is 154 Å². The van der Waals surface area contributed by atoms with Crippen LogP contribution in [0.4, 0.5) is 0 Å². The van der Waals surface area contributed by atoms with E-state index in [9.17, 15) is 0 Å². The summed E-state index contributed by atoms with van der Waals surface area (Å²) in [5.41, 5.74) is 3.84. The van der Waals surface area contributed by atoms with Gasteiger partial charge in [-0.1, -0.05) is 49.6 Å². The van der Waals surface area contributed by atoms with Crippen molar-refractivity contribution in [2.24, 2.45) is 5.10 Å². The molecule has 0 aliphatic heterocycles. The summed E-state index contributed by atoms with van der Waals surface area (Å²) < 4.78 is 5.83. The van der Waals surface area contributed by atoms with Crippen LogP contribution in [0, 0.1) is 0 Å². The number of ether oxygens (including phenoxy) is 1. The van der Waals surface area contributed by atoms with Crippen molar-refractivity contribution in [2.75, 3.05) is 0 Å². The number of nitrogens with zero attached hydrogens (tertiary/aromatic N) is 1. The van der Waals surface area contributed by atoms with Crippen molar-refractivity contribution in [2.45, 2.75) is 38.1 Å². The number of benzene rings is 2. The van der Waals surface area contributed by atoms with E-state index in [1.54, 1.807) is 6.21 Å². The average molecular weight is 353 g/mol.